The van der Waals surface area contributed by atoms with Crippen molar-refractivity contribution < 1.29 is 4.74 Å². The average Bonchev–Trinajstić information content (AvgIpc) is 2.83. The van der Waals surface area contributed by atoms with Crippen LogP contribution >= 0.6 is 0 Å². The van der Waals surface area contributed by atoms with Crippen LogP contribution in [0.2, 0.25) is 0 Å². The molecule has 0 amide bonds. The summed E-state index contributed by atoms with van der Waals surface area (Å²) in [5.41, 5.74) is 2.43. The molecule has 2 aromatic carbocycles. The minimum atomic E-state index is -0.108. The molecule has 0 radical (unpaired) electrons. The van der Waals surface area contributed by atoms with Crippen LogP contribution in [0.25, 0.3) is 16.6 Å². The van der Waals surface area contributed by atoms with Gasteiger partial charge >= 0.3 is 0 Å². The van der Waals surface area contributed by atoms with Crippen LogP contribution < -0.4 is 15.5 Å². The number of allylic oxidation sites excluding steroid dienone is 3. The summed E-state index contributed by atoms with van der Waals surface area (Å²) < 4.78 is 7.96. The van der Waals surface area contributed by atoms with Crippen molar-refractivity contribution in [2.45, 2.75) is 20.3 Å². The standard InChI is InChI=1S/C27H25N3O2/c1-3-5-12-20(4-2)29-26-18-25(31)23-19-28-27(32-22-15-10-7-11-16-22)17-24(23)30(26)21-13-8-6-9-14-21/h4-19,29H,3H2,1-2H3/b12-5-,20-4+. The first-order valence-electron chi connectivity index (χ1n) is 10.6. The summed E-state index contributed by atoms with van der Waals surface area (Å²) in [6.07, 6.45) is 8.57. The number of aromatic nitrogens is 2. The van der Waals surface area contributed by atoms with Crippen LogP contribution in [0.4, 0.5) is 5.82 Å². The van der Waals surface area contributed by atoms with Crippen molar-refractivity contribution in [2.24, 2.45) is 0 Å². The zero-order chi connectivity index (χ0) is 22.3. The second-order valence-electron chi connectivity index (χ2n) is 7.20. The first-order chi connectivity index (χ1) is 15.7. The van der Waals surface area contributed by atoms with E-state index in [1.807, 2.05) is 84.3 Å². The number of fused-ring (bicyclic) bond motifs is 1. The highest BCUT2D eigenvalue weighted by molar-refractivity contribution is 5.83. The minimum Gasteiger partial charge on any atom is -0.439 e. The van der Waals surface area contributed by atoms with Gasteiger partial charge in [0.25, 0.3) is 0 Å². The number of rotatable bonds is 7. The van der Waals surface area contributed by atoms with Crippen LogP contribution in [-0.4, -0.2) is 9.55 Å². The fourth-order valence-corrected chi connectivity index (χ4v) is 3.41. The van der Waals surface area contributed by atoms with Gasteiger partial charge in [0, 0.05) is 29.7 Å². The zero-order valence-electron chi connectivity index (χ0n) is 18.2. The number of ether oxygens (including phenoxy) is 1. The highest BCUT2D eigenvalue weighted by Crippen LogP contribution is 2.27. The average molecular weight is 424 g/mol. The van der Waals surface area contributed by atoms with Crippen LogP contribution in [0, 0.1) is 0 Å². The Labute approximate surface area is 187 Å². The number of para-hydroxylation sites is 2. The van der Waals surface area contributed by atoms with E-state index in [1.54, 1.807) is 18.3 Å². The van der Waals surface area contributed by atoms with Crippen LogP contribution in [0.15, 0.2) is 108 Å². The summed E-state index contributed by atoms with van der Waals surface area (Å²) in [7, 11) is 0. The molecular formula is C27H25N3O2. The Morgan fingerprint density at radius 3 is 2.47 bits per heavy atom. The molecule has 4 rings (SSSR count). The summed E-state index contributed by atoms with van der Waals surface area (Å²) in [6, 6.07) is 22.8. The molecule has 0 aliphatic heterocycles. The molecule has 0 saturated carbocycles. The van der Waals surface area contributed by atoms with E-state index in [-0.39, 0.29) is 5.43 Å². The van der Waals surface area contributed by atoms with Crippen molar-refractivity contribution in [1.82, 2.24) is 9.55 Å². The molecule has 1 N–H and O–H groups in total. The third kappa shape index (κ3) is 4.62. The quantitative estimate of drug-likeness (QED) is 0.347. The normalized spacial score (nSPS) is 11.8. The van der Waals surface area contributed by atoms with Crippen LogP contribution in [0.1, 0.15) is 20.3 Å². The Kier molecular flexibility index (Phi) is 6.46. The highest BCUT2D eigenvalue weighted by Gasteiger charge is 2.13. The molecule has 0 bridgehead atoms. The predicted octanol–water partition coefficient (Wildman–Crippen LogP) is 6.46. The van der Waals surface area contributed by atoms with Gasteiger partial charge < -0.3 is 10.1 Å². The molecule has 2 aromatic heterocycles. The van der Waals surface area contributed by atoms with E-state index in [0.29, 0.717) is 28.4 Å². The summed E-state index contributed by atoms with van der Waals surface area (Å²) in [4.78, 5) is 17.3. The Morgan fingerprint density at radius 2 is 1.78 bits per heavy atom. The van der Waals surface area contributed by atoms with Gasteiger partial charge in [-0.1, -0.05) is 55.5 Å². The SMILES string of the molecule is C/C=C(\C=C/CC)Nc1cc(=O)c2cnc(Oc3ccccc3)cc2n1-c1ccccc1. The summed E-state index contributed by atoms with van der Waals surface area (Å²) >= 11 is 0. The zero-order valence-corrected chi connectivity index (χ0v) is 18.2. The van der Waals surface area contributed by atoms with Gasteiger partial charge in [0.2, 0.25) is 5.88 Å². The molecule has 0 aliphatic carbocycles. The highest BCUT2D eigenvalue weighted by atomic mass is 16.5. The number of benzene rings is 2. The molecule has 0 aliphatic rings. The Hall–Kier alpha value is -4.12. The van der Waals surface area contributed by atoms with Crippen molar-refractivity contribution in [3.8, 4) is 17.3 Å². The van der Waals surface area contributed by atoms with E-state index >= 15 is 0 Å². The third-order valence-electron chi connectivity index (χ3n) is 4.97. The molecule has 4 aromatic rings. The smallest absolute Gasteiger partial charge is 0.221 e. The second kappa shape index (κ2) is 9.79. The lowest BCUT2D eigenvalue weighted by Gasteiger charge is -2.19. The van der Waals surface area contributed by atoms with Crippen molar-refractivity contribution in [3.63, 3.8) is 0 Å². The topological polar surface area (TPSA) is 56.1 Å². The lowest BCUT2D eigenvalue weighted by molar-refractivity contribution is 0.464. The van der Waals surface area contributed by atoms with Gasteiger partial charge in [-0.15, -0.1) is 0 Å². The van der Waals surface area contributed by atoms with Crippen molar-refractivity contribution in [3.05, 3.63) is 113 Å². The maximum atomic E-state index is 13.0. The summed E-state index contributed by atoms with van der Waals surface area (Å²) in [5.74, 6) is 1.77. The molecule has 160 valence electrons. The molecule has 0 fully saturated rings. The van der Waals surface area contributed by atoms with Gasteiger partial charge in [-0.3, -0.25) is 9.36 Å². The molecule has 5 nitrogen and oxygen atoms in total. The third-order valence-corrected chi connectivity index (χ3v) is 4.97. The molecule has 0 spiro atoms. The first-order valence-corrected chi connectivity index (χ1v) is 10.6. The Bertz CT molecular complexity index is 1320. The van der Waals surface area contributed by atoms with E-state index in [4.69, 9.17) is 4.74 Å². The molecule has 0 unspecified atom stereocenters. The van der Waals surface area contributed by atoms with E-state index in [2.05, 4.69) is 23.3 Å². The number of anilines is 1. The van der Waals surface area contributed by atoms with Crippen molar-refractivity contribution in [2.75, 3.05) is 5.32 Å². The van der Waals surface area contributed by atoms with E-state index in [9.17, 15) is 4.79 Å². The molecule has 0 atom stereocenters. The molecule has 0 saturated heterocycles. The van der Waals surface area contributed by atoms with Crippen LogP contribution in [-0.2, 0) is 0 Å². The van der Waals surface area contributed by atoms with Gasteiger partial charge in [0.1, 0.15) is 11.6 Å². The van der Waals surface area contributed by atoms with E-state index in [0.717, 1.165) is 17.8 Å². The number of nitrogens with one attached hydrogen (secondary N) is 1. The molecule has 5 heteroatoms. The maximum Gasteiger partial charge on any atom is 0.221 e. The maximum absolute atomic E-state index is 13.0. The van der Waals surface area contributed by atoms with Gasteiger partial charge in [-0.25, -0.2) is 4.98 Å². The van der Waals surface area contributed by atoms with E-state index < -0.39 is 0 Å². The summed E-state index contributed by atoms with van der Waals surface area (Å²) in [6.45, 7) is 4.05. The number of hydrogen-bond acceptors (Lipinski definition) is 4. The molecule has 2 heterocycles. The summed E-state index contributed by atoms with van der Waals surface area (Å²) in [5, 5.41) is 3.93. The van der Waals surface area contributed by atoms with Crippen molar-refractivity contribution in [1.29, 1.82) is 0 Å². The number of nitrogens with zero attached hydrogens (tertiary/aromatic N) is 2. The number of pyridine rings is 2. The predicted molar refractivity (Wildman–Crippen MR) is 131 cm³/mol. The van der Waals surface area contributed by atoms with E-state index in [1.165, 1.54) is 0 Å². The Balaban J connectivity index is 1.90. The van der Waals surface area contributed by atoms with Gasteiger partial charge in [-0.05, 0) is 43.7 Å². The lowest BCUT2D eigenvalue weighted by atomic mass is 10.2. The first kappa shape index (κ1) is 21.1. The lowest BCUT2D eigenvalue weighted by Crippen LogP contribution is -2.14. The fourth-order valence-electron chi connectivity index (χ4n) is 3.41. The molecular weight excluding hydrogens is 398 g/mol. The molecule has 32 heavy (non-hydrogen) atoms. The van der Waals surface area contributed by atoms with Crippen LogP contribution in [0.3, 0.4) is 0 Å². The largest absolute Gasteiger partial charge is 0.439 e. The Morgan fingerprint density at radius 1 is 1.06 bits per heavy atom. The van der Waals surface area contributed by atoms with Crippen LogP contribution in [0.5, 0.6) is 11.6 Å². The van der Waals surface area contributed by atoms with Gasteiger partial charge in [0.15, 0.2) is 5.43 Å². The van der Waals surface area contributed by atoms with Gasteiger partial charge in [-0.2, -0.15) is 0 Å². The second-order valence-corrected chi connectivity index (χ2v) is 7.20. The fraction of sp³-hybridized carbons (Fsp3) is 0.111. The monoisotopic (exact) mass is 423 g/mol. The van der Waals surface area contributed by atoms with Crippen molar-refractivity contribution >= 4 is 16.7 Å². The number of hydrogen-bond donors (Lipinski definition) is 1. The van der Waals surface area contributed by atoms with Gasteiger partial charge in [0.05, 0.1) is 10.9 Å². The minimum absolute atomic E-state index is 0.108.